The van der Waals surface area contributed by atoms with Crippen molar-refractivity contribution in [2.24, 2.45) is 5.10 Å². The van der Waals surface area contributed by atoms with Crippen LogP contribution in [-0.2, 0) is 0 Å². The molecule has 3 aromatic carbocycles. The molecular weight excluding hydrogens is 543 g/mol. The minimum atomic E-state index is 0.485. The molecule has 0 atom stereocenters. The molecule has 33 heavy (non-hydrogen) atoms. The van der Waals surface area contributed by atoms with Crippen LogP contribution in [0.5, 0.6) is 0 Å². The van der Waals surface area contributed by atoms with Gasteiger partial charge in [-0.05, 0) is 79.9 Å². The summed E-state index contributed by atoms with van der Waals surface area (Å²) in [7, 11) is 0. The average molecular weight is 560 g/mol. The summed E-state index contributed by atoms with van der Waals surface area (Å²) in [6, 6.07) is 10.6. The molecular formula is C24H17Cl6N3. The lowest BCUT2D eigenvalue weighted by Crippen LogP contribution is -2.37. The highest BCUT2D eigenvalue weighted by Crippen LogP contribution is 2.35. The van der Waals surface area contributed by atoms with E-state index in [0.29, 0.717) is 41.5 Å². The van der Waals surface area contributed by atoms with Gasteiger partial charge >= 0.3 is 0 Å². The number of hydrazine groups is 1. The van der Waals surface area contributed by atoms with Gasteiger partial charge in [0.25, 0.3) is 0 Å². The highest BCUT2D eigenvalue weighted by Gasteiger charge is 2.23. The molecule has 9 heteroatoms. The first-order valence-electron chi connectivity index (χ1n) is 9.80. The number of benzene rings is 3. The van der Waals surface area contributed by atoms with Gasteiger partial charge in [0.15, 0.2) is 0 Å². The molecule has 170 valence electrons. The number of nitrogens with one attached hydrogen (secondary N) is 1. The molecule has 4 rings (SSSR count). The molecule has 0 aromatic heterocycles. The van der Waals surface area contributed by atoms with Crippen molar-refractivity contribution >= 4 is 86.7 Å². The van der Waals surface area contributed by atoms with Crippen molar-refractivity contribution < 1.29 is 0 Å². The third kappa shape index (κ3) is 4.95. The first-order valence-corrected chi connectivity index (χ1v) is 12.1. The molecule has 0 saturated heterocycles. The number of halogens is 6. The van der Waals surface area contributed by atoms with Crippen LogP contribution in [-0.4, -0.2) is 5.71 Å². The summed E-state index contributed by atoms with van der Waals surface area (Å²) in [6.45, 7) is 5.74. The van der Waals surface area contributed by atoms with Crippen LogP contribution in [0.2, 0.25) is 30.1 Å². The van der Waals surface area contributed by atoms with E-state index in [9.17, 15) is 0 Å². The van der Waals surface area contributed by atoms with Crippen molar-refractivity contribution in [3.8, 4) is 0 Å². The Morgan fingerprint density at radius 3 is 1.73 bits per heavy atom. The minimum Gasteiger partial charge on any atom is -0.277 e. The smallest absolute Gasteiger partial charge is 0.0953 e. The van der Waals surface area contributed by atoms with E-state index in [-0.39, 0.29) is 0 Å². The van der Waals surface area contributed by atoms with Crippen molar-refractivity contribution in [3.05, 3.63) is 100 Å². The Kier molecular flexibility index (Phi) is 7.12. The summed E-state index contributed by atoms with van der Waals surface area (Å²) in [5.74, 6) is 0. The Morgan fingerprint density at radius 1 is 0.636 bits per heavy atom. The minimum absolute atomic E-state index is 0.485. The summed E-state index contributed by atoms with van der Waals surface area (Å²) in [4.78, 5) is 0. The second-order valence-corrected chi connectivity index (χ2v) is 10.1. The third-order valence-corrected chi connectivity index (χ3v) is 7.24. The normalized spacial score (nSPS) is 13.5. The molecule has 0 bridgehead atoms. The van der Waals surface area contributed by atoms with Gasteiger partial charge < -0.3 is 0 Å². The van der Waals surface area contributed by atoms with E-state index in [1.54, 1.807) is 29.4 Å². The van der Waals surface area contributed by atoms with E-state index in [1.807, 2.05) is 39.0 Å². The quantitative estimate of drug-likeness (QED) is 0.346. The van der Waals surface area contributed by atoms with Crippen molar-refractivity contribution in [1.29, 1.82) is 0 Å². The fourth-order valence-corrected chi connectivity index (χ4v) is 4.99. The Labute approximate surface area is 222 Å². The second-order valence-electron chi connectivity index (χ2n) is 7.62. The highest BCUT2D eigenvalue weighted by atomic mass is 35.5. The van der Waals surface area contributed by atoms with Crippen LogP contribution in [0.1, 0.15) is 27.8 Å². The molecule has 0 spiro atoms. The van der Waals surface area contributed by atoms with Gasteiger partial charge in [-0.3, -0.25) is 5.43 Å². The van der Waals surface area contributed by atoms with Gasteiger partial charge in [0.05, 0.1) is 17.1 Å². The first-order chi connectivity index (χ1) is 15.5. The lowest BCUT2D eigenvalue weighted by Gasteiger charge is -2.30. The van der Waals surface area contributed by atoms with E-state index in [0.717, 1.165) is 33.5 Å². The predicted molar refractivity (Wildman–Crippen MR) is 144 cm³/mol. The molecule has 1 aliphatic rings. The summed E-state index contributed by atoms with van der Waals surface area (Å²) >= 11 is 38.2. The van der Waals surface area contributed by atoms with Crippen LogP contribution in [0.25, 0.3) is 5.70 Å². The second kappa shape index (κ2) is 9.58. The lowest BCUT2D eigenvalue weighted by molar-refractivity contribution is 0.783. The Balaban J connectivity index is 1.96. The van der Waals surface area contributed by atoms with Crippen molar-refractivity contribution in [2.75, 3.05) is 5.12 Å². The van der Waals surface area contributed by atoms with E-state index in [1.165, 1.54) is 0 Å². The van der Waals surface area contributed by atoms with Gasteiger partial charge in [-0.2, -0.15) is 10.2 Å². The Morgan fingerprint density at radius 2 is 1.12 bits per heavy atom. The van der Waals surface area contributed by atoms with Gasteiger partial charge in [-0.1, -0.05) is 69.6 Å². The fourth-order valence-electron chi connectivity index (χ4n) is 3.52. The van der Waals surface area contributed by atoms with Crippen LogP contribution >= 0.6 is 69.6 Å². The lowest BCUT2D eigenvalue weighted by atomic mass is 9.99. The number of nitrogens with zero attached hydrogens (tertiary/aromatic N) is 2. The third-order valence-electron chi connectivity index (χ3n) is 5.41. The molecule has 0 radical (unpaired) electrons. The zero-order valence-electron chi connectivity index (χ0n) is 17.7. The van der Waals surface area contributed by atoms with Crippen molar-refractivity contribution in [1.82, 2.24) is 5.43 Å². The predicted octanol–water partition coefficient (Wildman–Crippen LogP) is 9.30. The van der Waals surface area contributed by atoms with Crippen LogP contribution in [0, 0.1) is 20.8 Å². The largest absolute Gasteiger partial charge is 0.277 e. The molecule has 1 N–H and O–H groups in total. The molecule has 0 unspecified atom stereocenters. The van der Waals surface area contributed by atoms with Crippen LogP contribution < -0.4 is 10.5 Å². The van der Waals surface area contributed by atoms with E-state index in [2.05, 4.69) is 5.43 Å². The van der Waals surface area contributed by atoms with E-state index >= 15 is 0 Å². The average Bonchev–Trinajstić information content (AvgIpc) is 2.75. The molecule has 3 aromatic rings. The van der Waals surface area contributed by atoms with Gasteiger partial charge in [-0.15, -0.1) is 0 Å². The topological polar surface area (TPSA) is 27.6 Å². The highest BCUT2D eigenvalue weighted by molar-refractivity contribution is 6.37. The first kappa shape index (κ1) is 24.5. The number of hydrogen-bond donors (Lipinski definition) is 1. The van der Waals surface area contributed by atoms with Crippen LogP contribution in [0.15, 0.2) is 47.6 Å². The van der Waals surface area contributed by atoms with Gasteiger partial charge in [0.2, 0.25) is 0 Å². The molecule has 1 heterocycles. The molecule has 0 aliphatic carbocycles. The zero-order valence-corrected chi connectivity index (χ0v) is 22.2. The molecule has 0 saturated carbocycles. The summed E-state index contributed by atoms with van der Waals surface area (Å²) in [5.41, 5.74) is 9.51. The maximum atomic E-state index is 6.43. The molecule has 0 fully saturated rings. The van der Waals surface area contributed by atoms with Crippen molar-refractivity contribution in [2.45, 2.75) is 20.8 Å². The number of hydrogen-bond acceptors (Lipinski definition) is 3. The number of hydrazone groups is 1. The SMILES string of the molecule is Cc1c(Cl)cc(Cl)cc1C1=CC(c2cc(Cl)cc(Cl)c2C)=NN(c2cc(Cl)cc(Cl)c2C)N1. The Hall–Kier alpha value is -1.59. The summed E-state index contributed by atoms with van der Waals surface area (Å²) in [6.07, 6.45) is 1.90. The standard InChI is InChI=1S/C24H17Cl6N3/c1-11-17(4-14(25)6-19(11)28)22-10-23(18-5-15(26)7-20(29)12(18)2)32-33(31-22)24-9-16(27)8-21(30)13(24)3/h4-10,31H,1-3H3. The number of anilines is 1. The van der Waals surface area contributed by atoms with Crippen LogP contribution in [0.4, 0.5) is 5.69 Å². The molecule has 1 aliphatic heterocycles. The van der Waals surface area contributed by atoms with Gasteiger partial charge in [0.1, 0.15) is 0 Å². The fraction of sp³-hybridized carbons (Fsp3) is 0.125. The number of allylic oxidation sites excluding steroid dienone is 1. The van der Waals surface area contributed by atoms with Gasteiger partial charge in [0, 0.05) is 41.3 Å². The molecule has 3 nitrogen and oxygen atoms in total. The zero-order chi connectivity index (χ0) is 24.0. The van der Waals surface area contributed by atoms with E-state index in [4.69, 9.17) is 74.7 Å². The van der Waals surface area contributed by atoms with Gasteiger partial charge in [-0.25, -0.2) is 0 Å². The van der Waals surface area contributed by atoms with E-state index < -0.39 is 0 Å². The maximum Gasteiger partial charge on any atom is 0.0953 e. The maximum absolute atomic E-state index is 6.43. The monoisotopic (exact) mass is 557 g/mol. The summed E-state index contributed by atoms with van der Waals surface area (Å²) < 4.78 is 0. The van der Waals surface area contributed by atoms with Crippen LogP contribution in [0.3, 0.4) is 0 Å². The molecule has 0 amide bonds. The number of rotatable bonds is 3. The Bertz CT molecular complexity index is 1350. The summed E-state index contributed by atoms with van der Waals surface area (Å²) in [5, 5.41) is 9.58. The van der Waals surface area contributed by atoms with Crippen molar-refractivity contribution in [3.63, 3.8) is 0 Å².